The molecule has 0 bridgehead atoms. The molecule has 80 valence electrons. The second-order valence-corrected chi connectivity index (χ2v) is 4.74. The number of benzene rings is 1. The van der Waals surface area contributed by atoms with Gasteiger partial charge in [-0.1, -0.05) is 29.8 Å². The maximum absolute atomic E-state index is 12.2. The third kappa shape index (κ3) is 3.24. The summed E-state index contributed by atoms with van der Waals surface area (Å²) >= 11 is 0.537. The number of hydrogen-bond donors (Lipinski definition) is 0. The Morgan fingerprint density at radius 2 is 2.07 bits per heavy atom. The molecule has 0 spiro atoms. The number of thioether (sulfide) groups is 1. The Balaban J connectivity index is 2.99. The predicted molar refractivity (Wildman–Crippen MR) is 60.2 cm³/mol. The van der Waals surface area contributed by atoms with Gasteiger partial charge in [-0.3, -0.25) is 0 Å². The zero-order valence-electron chi connectivity index (χ0n) is 8.63. The molecule has 3 heteroatoms. The van der Waals surface area contributed by atoms with Gasteiger partial charge in [0.15, 0.2) is 0 Å². The summed E-state index contributed by atoms with van der Waals surface area (Å²) in [6.45, 7) is 3.78. The number of alkyl halides is 2. The summed E-state index contributed by atoms with van der Waals surface area (Å²) < 4.78 is 24.3. The van der Waals surface area contributed by atoms with E-state index in [0.29, 0.717) is 16.7 Å². The van der Waals surface area contributed by atoms with Gasteiger partial charge >= 0.3 is 0 Å². The van der Waals surface area contributed by atoms with Gasteiger partial charge in [0.25, 0.3) is 5.76 Å². The van der Waals surface area contributed by atoms with Crippen molar-refractivity contribution in [3.05, 3.63) is 29.8 Å². The molecule has 0 saturated heterocycles. The molecule has 0 radical (unpaired) electrons. The lowest BCUT2D eigenvalue weighted by molar-refractivity contribution is 0.252. The highest BCUT2D eigenvalue weighted by molar-refractivity contribution is 7.99. The van der Waals surface area contributed by atoms with Gasteiger partial charge in [-0.25, -0.2) is 0 Å². The first kappa shape index (κ1) is 12.1. The molecule has 0 aromatic heterocycles. The number of rotatable bonds is 3. The van der Waals surface area contributed by atoms with Crippen molar-refractivity contribution in [1.29, 1.82) is 0 Å². The molecule has 1 aromatic rings. The van der Waals surface area contributed by atoms with E-state index in [0.717, 1.165) is 5.56 Å². The maximum Gasteiger partial charge on any atom is 0.288 e. The summed E-state index contributed by atoms with van der Waals surface area (Å²) in [6, 6.07) is 6.98. The molecular weight excluding hydrogens is 214 g/mol. The molecule has 0 saturated carbocycles. The topological polar surface area (TPSA) is 0 Å². The Kier molecular flexibility index (Phi) is 3.76. The Labute approximate surface area is 93.1 Å². The Hall–Kier alpha value is -1.01. The highest BCUT2D eigenvalue weighted by Gasteiger charge is 2.17. The largest absolute Gasteiger partial charge is 0.288 e. The van der Waals surface area contributed by atoms with Crippen LogP contribution in [-0.4, -0.2) is 5.76 Å². The van der Waals surface area contributed by atoms with E-state index in [9.17, 15) is 8.78 Å². The lowest BCUT2D eigenvalue weighted by Gasteiger charge is -2.18. The normalized spacial score (nSPS) is 11.5. The van der Waals surface area contributed by atoms with Gasteiger partial charge in [-0.05, 0) is 31.5 Å². The Morgan fingerprint density at radius 3 is 2.60 bits per heavy atom. The molecule has 0 nitrogen and oxygen atoms in total. The van der Waals surface area contributed by atoms with E-state index in [1.807, 2.05) is 19.9 Å². The monoisotopic (exact) mass is 226 g/mol. The number of terminal acetylenes is 1. The van der Waals surface area contributed by atoms with Gasteiger partial charge in [0, 0.05) is 4.90 Å². The summed E-state index contributed by atoms with van der Waals surface area (Å²) in [5.41, 5.74) is 0.467. The molecule has 1 aromatic carbocycles. The van der Waals surface area contributed by atoms with Crippen LogP contribution in [0.25, 0.3) is 0 Å². The van der Waals surface area contributed by atoms with Gasteiger partial charge in [-0.15, -0.1) is 6.42 Å². The lowest BCUT2D eigenvalue weighted by Crippen LogP contribution is -2.13. The number of halogens is 2. The van der Waals surface area contributed by atoms with Crippen LogP contribution in [0.15, 0.2) is 29.2 Å². The van der Waals surface area contributed by atoms with Crippen molar-refractivity contribution in [2.24, 2.45) is 0 Å². The van der Waals surface area contributed by atoms with Gasteiger partial charge < -0.3 is 0 Å². The van der Waals surface area contributed by atoms with Crippen LogP contribution in [0.3, 0.4) is 0 Å². The molecule has 1 rings (SSSR count). The molecule has 0 aliphatic heterocycles. The van der Waals surface area contributed by atoms with Crippen molar-refractivity contribution in [2.75, 3.05) is 0 Å². The Bertz CT molecular complexity index is 377. The van der Waals surface area contributed by atoms with Gasteiger partial charge in [0.05, 0.1) is 5.41 Å². The van der Waals surface area contributed by atoms with E-state index in [1.54, 1.807) is 18.2 Å². The highest BCUT2D eigenvalue weighted by atomic mass is 32.2. The van der Waals surface area contributed by atoms with Crippen LogP contribution in [-0.2, 0) is 5.41 Å². The molecule has 0 amide bonds. The standard InChI is InChI=1S/C12H12F2S/c1-4-12(2,3)9-6-5-7-10(8-9)15-11(13)14/h1,5-8,11H,2-3H3. The summed E-state index contributed by atoms with van der Waals surface area (Å²) in [6.07, 6.45) is 5.38. The molecule has 0 fully saturated rings. The van der Waals surface area contributed by atoms with E-state index >= 15 is 0 Å². The average Bonchev–Trinajstić information content (AvgIpc) is 2.17. The third-order valence-corrected chi connectivity index (χ3v) is 2.85. The average molecular weight is 226 g/mol. The van der Waals surface area contributed by atoms with E-state index in [2.05, 4.69) is 5.92 Å². The maximum atomic E-state index is 12.2. The minimum absolute atomic E-state index is 0.418. The molecule has 15 heavy (non-hydrogen) atoms. The first-order valence-electron chi connectivity index (χ1n) is 4.49. The van der Waals surface area contributed by atoms with Crippen molar-refractivity contribution >= 4 is 11.8 Å². The summed E-state index contributed by atoms with van der Waals surface area (Å²) in [5, 5.41) is 0. The summed E-state index contributed by atoms with van der Waals surface area (Å²) in [7, 11) is 0. The minimum atomic E-state index is -2.39. The summed E-state index contributed by atoms with van der Waals surface area (Å²) in [5.74, 6) is 0.247. The molecule has 0 heterocycles. The van der Waals surface area contributed by atoms with Crippen LogP contribution < -0.4 is 0 Å². The lowest BCUT2D eigenvalue weighted by atomic mass is 9.86. The quantitative estimate of drug-likeness (QED) is 0.556. The second-order valence-electron chi connectivity index (χ2n) is 3.68. The van der Waals surface area contributed by atoms with Gasteiger partial charge in [0.2, 0.25) is 0 Å². The van der Waals surface area contributed by atoms with E-state index in [-0.39, 0.29) is 0 Å². The van der Waals surface area contributed by atoms with Crippen LogP contribution in [0.2, 0.25) is 0 Å². The van der Waals surface area contributed by atoms with Crippen LogP contribution in [0.1, 0.15) is 19.4 Å². The van der Waals surface area contributed by atoms with Crippen LogP contribution in [0.5, 0.6) is 0 Å². The first-order valence-corrected chi connectivity index (χ1v) is 5.37. The van der Waals surface area contributed by atoms with E-state index in [1.165, 1.54) is 0 Å². The zero-order chi connectivity index (χ0) is 11.5. The fourth-order valence-corrected chi connectivity index (χ4v) is 1.70. The first-order chi connectivity index (χ1) is 6.95. The predicted octanol–water partition coefficient (Wildman–Crippen LogP) is 3.91. The highest BCUT2D eigenvalue weighted by Crippen LogP contribution is 2.29. The van der Waals surface area contributed by atoms with Gasteiger partial charge in [0.1, 0.15) is 0 Å². The molecule has 0 unspecified atom stereocenters. The van der Waals surface area contributed by atoms with Crippen molar-refractivity contribution in [3.8, 4) is 12.3 Å². The van der Waals surface area contributed by atoms with E-state index in [4.69, 9.17) is 6.42 Å². The smallest absolute Gasteiger partial charge is 0.198 e. The van der Waals surface area contributed by atoms with Crippen LogP contribution in [0.4, 0.5) is 8.78 Å². The molecule has 0 aliphatic rings. The fourth-order valence-electron chi connectivity index (χ4n) is 1.14. The molecule has 0 aliphatic carbocycles. The second kappa shape index (κ2) is 4.67. The zero-order valence-corrected chi connectivity index (χ0v) is 9.44. The van der Waals surface area contributed by atoms with Crippen molar-refractivity contribution in [3.63, 3.8) is 0 Å². The summed E-state index contributed by atoms with van der Waals surface area (Å²) in [4.78, 5) is 0.547. The minimum Gasteiger partial charge on any atom is -0.198 e. The third-order valence-electron chi connectivity index (χ3n) is 2.14. The van der Waals surface area contributed by atoms with E-state index < -0.39 is 11.2 Å². The van der Waals surface area contributed by atoms with Crippen LogP contribution in [0, 0.1) is 12.3 Å². The molecule has 0 atom stereocenters. The van der Waals surface area contributed by atoms with Crippen molar-refractivity contribution in [1.82, 2.24) is 0 Å². The van der Waals surface area contributed by atoms with Crippen molar-refractivity contribution < 1.29 is 8.78 Å². The fraction of sp³-hybridized carbons (Fsp3) is 0.333. The molecule has 0 N–H and O–H groups in total. The van der Waals surface area contributed by atoms with Crippen LogP contribution >= 0.6 is 11.8 Å². The molecular formula is C12H12F2S. The SMILES string of the molecule is C#CC(C)(C)c1cccc(SC(F)F)c1. The Morgan fingerprint density at radius 1 is 1.40 bits per heavy atom. The van der Waals surface area contributed by atoms with Gasteiger partial charge in [-0.2, -0.15) is 8.78 Å². The van der Waals surface area contributed by atoms with Crippen molar-refractivity contribution in [2.45, 2.75) is 29.9 Å². The number of hydrogen-bond acceptors (Lipinski definition) is 1.